The number of thiocyanates is 1. The number of unbranched alkanes of at least 4 members (excludes halogenated alkanes) is 9. The topological polar surface area (TPSA) is 51.5 Å². The van der Waals surface area contributed by atoms with Crippen molar-refractivity contribution in [3.8, 4) is 5.40 Å². The fraction of sp³-hybridized carbons (Fsp3) is 0.955. The van der Waals surface area contributed by atoms with Crippen molar-refractivity contribution in [2.45, 2.75) is 116 Å². The molecule has 0 aromatic carbocycles. The van der Waals surface area contributed by atoms with Crippen LogP contribution in [-0.2, 0) is 13.3 Å². The second-order valence-electron chi connectivity index (χ2n) is 7.44. The molecule has 1 atom stereocenters. The Morgan fingerprint density at radius 2 is 1.07 bits per heavy atom. The third-order valence-corrected chi connectivity index (χ3v) is 9.82. The molecular formula is C22H45NO3SSi. The van der Waals surface area contributed by atoms with E-state index in [9.17, 15) is 5.26 Å². The molecule has 0 aliphatic heterocycles. The third kappa shape index (κ3) is 13.2. The standard InChI is InChI=1S/C22H45NO3SSi/c1-5-9-12-15-18-24-28(22(8-4)27-21-23,25-19-16-13-10-6-2)26-20-17-14-11-7-3/h22H,5-20H2,1-4H3. The van der Waals surface area contributed by atoms with Crippen LogP contribution in [0.4, 0.5) is 0 Å². The van der Waals surface area contributed by atoms with Gasteiger partial charge in [0, 0.05) is 19.8 Å². The molecule has 0 rings (SSSR count). The van der Waals surface area contributed by atoms with Gasteiger partial charge in [0.15, 0.2) is 0 Å². The predicted molar refractivity (Wildman–Crippen MR) is 123 cm³/mol. The molecule has 166 valence electrons. The van der Waals surface area contributed by atoms with Crippen molar-refractivity contribution in [3.05, 3.63) is 0 Å². The molecule has 0 bridgehead atoms. The molecule has 1 unspecified atom stereocenters. The Hall–Kier alpha value is -0.0631. The fourth-order valence-corrected chi connectivity index (χ4v) is 7.34. The van der Waals surface area contributed by atoms with Gasteiger partial charge in [-0.25, -0.2) is 0 Å². The summed E-state index contributed by atoms with van der Waals surface area (Å²) in [6.07, 6.45) is 14.8. The fourth-order valence-electron chi connectivity index (χ4n) is 3.10. The second-order valence-corrected chi connectivity index (χ2v) is 11.6. The van der Waals surface area contributed by atoms with Crippen LogP contribution in [0.15, 0.2) is 0 Å². The number of hydrogen-bond acceptors (Lipinski definition) is 5. The average Bonchev–Trinajstić information content (AvgIpc) is 2.71. The summed E-state index contributed by atoms with van der Waals surface area (Å²) >= 11 is 1.28. The van der Waals surface area contributed by atoms with Crippen LogP contribution in [0.25, 0.3) is 0 Å². The van der Waals surface area contributed by atoms with Gasteiger partial charge in [0.2, 0.25) is 0 Å². The van der Waals surface area contributed by atoms with E-state index in [0.29, 0.717) is 19.8 Å². The smallest absolute Gasteiger partial charge is 0.373 e. The van der Waals surface area contributed by atoms with E-state index in [1.54, 1.807) is 0 Å². The first-order valence-electron chi connectivity index (χ1n) is 11.7. The first-order valence-corrected chi connectivity index (χ1v) is 14.3. The summed E-state index contributed by atoms with van der Waals surface area (Å²) in [5.41, 5.74) is 0. The highest BCUT2D eigenvalue weighted by molar-refractivity contribution is 8.05. The largest absolute Gasteiger partial charge is 0.515 e. The minimum Gasteiger partial charge on any atom is -0.373 e. The molecular weight excluding hydrogens is 386 g/mol. The Balaban J connectivity index is 4.99. The van der Waals surface area contributed by atoms with Crippen LogP contribution in [0, 0.1) is 10.7 Å². The highest BCUT2D eigenvalue weighted by atomic mass is 32.2. The van der Waals surface area contributed by atoms with Crippen LogP contribution in [0.5, 0.6) is 0 Å². The van der Waals surface area contributed by atoms with Gasteiger partial charge in [-0.15, -0.1) is 0 Å². The number of nitrogens with zero attached hydrogens (tertiary/aromatic N) is 1. The summed E-state index contributed by atoms with van der Waals surface area (Å²) in [4.78, 5) is 0.000949. The molecule has 0 aliphatic rings. The Labute approximate surface area is 180 Å². The van der Waals surface area contributed by atoms with Gasteiger partial charge in [-0.2, -0.15) is 5.26 Å². The Morgan fingerprint density at radius 3 is 1.36 bits per heavy atom. The van der Waals surface area contributed by atoms with Crippen molar-refractivity contribution < 1.29 is 13.3 Å². The lowest BCUT2D eigenvalue weighted by Crippen LogP contribution is -2.55. The highest BCUT2D eigenvalue weighted by Gasteiger charge is 2.49. The Kier molecular flexibility index (Phi) is 20.2. The maximum Gasteiger partial charge on any atom is 0.515 e. The molecule has 28 heavy (non-hydrogen) atoms. The van der Waals surface area contributed by atoms with Crippen molar-refractivity contribution in [2.75, 3.05) is 19.8 Å². The molecule has 4 nitrogen and oxygen atoms in total. The van der Waals surface area contributed by atoms with Crippen LogP contribution in [-0.4, -0.2) is 33.5 Å². The van der Waals surface area contributed by atoms with Crippen LogP contribution in [0.3, 0.4) is 0 Å². The van der Waals surface area contributed by atoms with Gasteiger partial charge >= 0.3 is 8.80 Å². The maximum atomic E-state index is 9.32. The molecule has 0 aromatic rings. The summed E-state index contributed by atoms with van der Waals surface area (Å²) in [6.45, 7) is 10.8. The van der Waals surface area contributed by atoms with Gasteiger partial charge in [-0.1, -0.05) is 85.5 Å². The van der Waals surface area contributed by atoms with E-state index in [-0.39, 0.29) is 4.87 Å². The van der Waals surface area contributed by atoms with Crippen molar-refractivity contribution in [1.29, 1.82) is 5.26 Å². The van der Waals surface area contributed by atoms with Gasteiger partial charge in [0.25, 0.3) is 0 Å². The van der Waals surface area contributed by atoms with Gasteiger partial charge in [0.05, 0.1) is 4.87 Å². The molecule has 0 saturated heterocycles. The predicted octanol–water partition coefficient (Wildman–Crippen LogP) is 7.25. The van der Waals surface area contributed by atoms with E-state index in [1.807, 2.05) is 0 Å². The molecule has 0 N–H and O–H groups in total. The van der Waals surface area contributed by atoms with E-state index in [4.69, 9.17) is 13.3 Å². The normalized spacial score (nSPS) is 12.8. The number of thioether (sulfide) groups is 1. The first-order chi connectivity index (χ1) is 13.7. The second kappa shape index (κ2) is 20.2. The zero-order valence-electron chi connectivity index (χ0n) is 19.0. The van der Waals surface area contributed by atoms with Crippen LogP contribution in [0.2, 0.25) is 0 Å². The highest BCUT2D eigenvalue weighted by Crippen LogP contribution is 2.29. The van der Waals surface area contributed by atoms with Crippen LogP contribution in [0.1, 0.15) is 111 Å². The van der Waals surface area contributed by atoms with Crippen molar-refractivity contribution in [3.63, 3.8) is 0 Å². The quantitative estimate of drug-likeness (QED) is 0.109. The van der Waals surface area contributed by atoms with Crippen molar-refractivity contribution in [2.24, 2.45) is 0 Å². The number of hydrogen-bond donors (Lipinski definition) is 0. The van der Waals surface area contributed by atoms with Crippen LogP contribution < -0.4 is 0 Å². The lowest BCUT2D eigenvalue weighted by atomic mass is 10.2. The van der Waals surface area contributed by atoms with E-state index >= 15 is 0 Å². The third-order valence-electron chi connectivity index (χ3n) is 4.86. The molecule has 0 radical (unpaired) electrons. The zero-order chi connectivity index (χ0) is 20.9. The monoisotopic (exact) mass is 431 g/mol. The van der Waals surface area contributed by atoms with Gasteiger partial charge in [-0.3, -0.25) is 0 Å². The minimum absolute atomic E-state index is 0.000949. The van der Waals surface area contributed by atoms with Gasteiger partial charge in [0.1, 0.15) is 5.40 Å². The molecule has 0 saturated carbocycles. The van der Waals surface area contributed by atoms with E-state index < -0.39 is 8.80 Å². The lowest BCUT2D eigenvalue weighted by Gasteiger charge is -2.34. The summed E-state index contributed by atoms with van der Waals surface area (Å²) in [7, 11) is -2.89. The van der Waals surface area contributed by atoms with Crippen molar-refractivity contribution >= 4 is 20.6 Å². The molecule has 0 fully saturated rings. The summed E-state index contributed by atoms with van der Waals surface area (Å²) in [5, 5.41) is 11.6. The SMILES string of the molecule is CCCCCCO[Si](OCCCCCC)(OCCCCCC)C(CC)SC#N. The summed E-state index contributed by atoms with van der Waals surface area (Å²) < 4.78 is 19.3. The van der Waals surface area contributed by atoms with Crippen LogP contribution >= 0.6 is 11.8 Å². The molecule has 0 heterocycles. The maximum absolute atomic E-state index is 9.32. The van der Waals surface area contributed by atoms with E-state index in [0.717, 1.165) is 25.7 Å². The first kappa shape index (κ1) is 27.9. The molecule has 0 spiro atoms. The van der Waals surface area contributed by atoms with E-state index in [2.05, 4.69) is 33.1 Å². The number of nitriles is 1. The number of rotatable bonds is 21. The van der Waals surface area contributed by atoms with Gasteiger partial charge < -0.3 is 13.3 Å². The minimum atomic E-state index is -2.89. The zero-order valence-corrected chi connectivity index (χ0v) is 20.8. The van der Waals surface area contributed by atoms with Gasteiger partial charge in [-0.05, 0) is 37.4 Å². The molecule has 0 aromatic heterocycles. The molecule has 0 aliphatic carbocycles. The molecule has 0 amide bonds. The summed E-state index contributed by atoms with van der Waals surface area (Å²) in [5.74, 6) is 0. The average molecular weight is 432 g/mol. The Bertz CT molecular complexity index is 343. The summed E-state index contributed by atoms with van der Waals surface area (Å²) in [6, 6.07) is 0. The van der Waals surface area contributed by atoms with E-state index in [1.165, 1.54) is 69.5 Å². The Morgan fingerprint density at radius 1 is 0.679 bits per heavy atom. The molecule has 6 heteroatoms. The lowest BCUT2D eigenvalue weighted by molar-refractivity contribution is 0.0534. The van der Waals surface area contributed by atoms with Crippen molar-refractivity contribution in [1.82, 2.24) is 0 Å².